The number of aryl methyl sites for hydroxylation is 2. The molecule has 0 aromatic heterocycles. The molecule has 0 saturated heterocycles. The summed E-state index contributed by atoms with van der Waals surface area (Å²) in [5.74, 6) is 1.01. The number of rotatable bonds is 4. The Labute approximate surface area is 85.4 Å². The predicted octanol–water partition coefficient (Wildman–Crippen LogP) is 3.22. The van der Waals surface area contributed by atoms with Crippen molar-refractivity contribution in [3.05, 3.63) is 47.4 Å². The van der Waals surface area contributed by atoms with Crippen molar-refractivity contribution in [3.63, 3.8) is 0 Å². The molecule has 1 aliphatic rings. The van der Waals surface area contributed by atoms with Crippen LogP contribution in [0.2, 0.25) is 0 Å². The molecule has 0 atom stereocenters. The molecule has 1 nitrogen and oxygen atoms in total. The van der Waals surface area contributed by atoms with Gasteiger partial charge in [-0.3, -0.25) is 0 Å². The maximum Gasteiger partial charge on any atom is 0.122 e. The van der Waals surface area contributed by atoms with E-state index in [1.165, 1.54) is 16.7 Å². The van der Waals surface area contributed by atoms with Gasteiger partial charge in [0.25, 0.3) is 0 Å². The van der Waals surface area contributed by atoms with E-state index >= 15 is 0 Å². The van der Waals surface area contributed by atoms with Crippen molar-refractivity contribution in [2.45, 2.75) is 20.3 Å². The van der Waals surface area contributed by atoms with Crippen LogP contribution in [0.5, 0.6) is 5.75 Å². The van der Waals surface area contributed by atoms with E-state index in [-0.39, 0.29) is 0 Å². The maximum absolute atomic E-state index is 5.68. The van der Waals surface area contributed by atoms with E-state index in [1.54, 1.807) is 0 Å². The Hall–Kier alpha value is -1.24. The summed E-state index contributed by atoms with van der Waals surface area (Å²) in [5.41, 5.74) is 3.92. The fourth-order valence-electron chi connectivity index (χ4n) is 1.47. The number of ether oxygens (including phenoxy) is 1. The third-order valence-corrected chi connectivity index (χ3v) is 2.38. The summed E-state index contributed by atoms with van der Waals surface area (Å²) in [7, 11) is 0. The standard InChI is InChI=1S/C13H15O/c1-10-3-6-13(11(2)9-10)14-8-7-12-4-5-12/h3-6,9H,7-8H2,1-2H3. The molecule has 0 unspecified atom stereocenters. The highest BCUT2D eigenvalue weighted by molar-refractivity contribution is 5.39. The Balaban J connectivity index is 1.90. The van der Waals surface area contributed by atoms with Crippen molar-refractivity contribution < 1.29 is 4.74 Å². The molecule has 14 heavy (non-hydrogen) atoms. The van der Waals surface area contributed by atoms with Crippen LogP contribution in [0.3, 0.4) is 0 Å². The molecule has 0 saturated carbocycles. The zero-order valence-corrected chi connectivity index (χ0v) is 8.71. The zero-order chi connectivity index (χ0) is 9.97. The van der Waals surface area contributed by atoms with Crippen LogP contribution in [0.1, 0.15) is 17.5 Å². The van der Waals surface area contributed by atoms with Crippen LogP contribution in [-0.2, 0) is 0 Å². The Kier molecular flexibility index (Phi) is 2.58. The molecule has 0 N–H and O–H groups in total. The largest absolute Gasteiger partial charge is 0.493 e. The average Bonchev–Trinajstić information content (AvgIpc) is 2.92. The first-order chi connectivity index (χ1) is 6.75. The Bertz CT molecular complexity index is 363. The molecule has 0 fully saturated rings. The quantitative estimate of drug-likeness (QED) is 0.703. The van der Waals surface area contributed by atoms with Gasteiger partial charge in [-0.1, -0.05) is 29.3 Å². The smallest absolute Gasteiger partial charge is 0.122 e. The summed E-state index contributed by atoms with van der Waals surface area (Å²) in [4.78, 5) is 0. The SMILES string of the molecule is Cc1ccc(OCCC2=C[CH]2)c(C)c1. The fourth-order valence-corrected chi connectivity index (χ4v) is 1.47. The maximum atomic E-state index is 5.68. The summed E-state index contributed by atoms with van der Waals surface area (Å²) >= 11 is 0. The van der Waals surface area contributed by atoms with E-state index < -0.39 is 0 Å². The van der Waals surface area contributed by atoms with Crippen molar-refractivity contribution in [3.8, 4) is 5.75 Å². The molecule has 0 aliphatic heterocycles. The lowest BCUT2D eigenvalue weighted by atomic mass is 10.1. The van der Waals surface area contributed by atoms with E-state index in [2.05, 4.69) is 44.5 Å². The topological polar surface area (TPSA) is 9.23 Å². The van der Waals surface area contributed by atoms with Gasteiger partial charge < -0.3 is 4.74 Å². The lowest BCUT2D eigenvalue weighted by molar-refractivity contribution is 0.321. The van der Waals surface area contributed by atoms with Crippen LogP contribution in [0.4, 0.5) is 0 Å². The van der Waals surface area contributed by atoms with Gasteiger partial charge in [0.2, 0.25) is 0 Å². The fraction of sp³-hybridized carbons (Fsp3) is 0.308. The van der Waals surface area contributed by atoms with Gasteiger partial charge in [0.15, 0.2) is 0 Å². The van der Waals surface area contributed by atoms with Gasteiger partial charge in [-0.05, 0) is 25.5 Å². The normalized spacial score (nSPS) is 13.7. The third-order valence-electron chi connectivity index (χ3n) is 2.38. The second-order valence-corrected chi connectivity index (χ2v) is 3.78. The highest BCUT2D eigenvalue weighted by Gasteiger charge is 2.07. The minimum atomic E-state index is 0.784. The minimum absolute atomic E-state index is 0.784. The zero-order valence-electron chi connectivity index (χ0n) is 8.71. The molecule has 0 heterocycles. The van der Waals surface area contributed by atoms with E-state index in [1.807, 2.05) is 0 Å². The monoisotopic (exact) mass is 187 g/mol. The van der Waals surface area contributed by atoms with Gasteiger partial charge in [0.1, 0.15) is 5.75 Å². The van der Waals surface area contributed by atoms with Crippen LogP contribution in [0.15, 0.2) is 29.8 Å². The summed E-state index contributed by atoms with van der Waals surface area (Å²) < 4.78 is 5.68. The molecular weight excluding hydrogens is 172 g/mol. The first-order valence-corrected chi connectivity index (χ1v) is 5.00. The van der Waals surface area contributed by atoms with E-state index in [4.69, 9.17) is 4.74 Å². The molecule has 1 aromatic carbocycles. The van der Waals surface area contributed by atoms with Gasteiger partial charge in [0, 0.05) is 12.8 Å². The number of benzene rings is 1. The van der Waals surface area contributed by atoms with Crippen LogP contribution in [0, 0.1) is 20.3 Å². The molecule has 1 aromatic rings. The first-order valence-electron chi connectivity index (χ1n) is 5.00. The lowest BCUT2D eigenvalue weighted by Gasteiger charge is -2.08. The summed E-state index contributed by atoms with van der Waals surface area (Å²) in [6, 6.07) is 6.29. The third kappa shape index (κ3) is 2.38. The van der Waals surface area contributed by atoms with E-state index in [0.717, 1.165) is 18.8 Å². The number of hydrogen-bond acceptors (Lipinski definition) is 1. The molecule has 2 rings (SSSR count). The second-order valence-electron chi connectivity index (χ2n) is 3.78. The molecule has 0 amide bonds. The second kappa shape index (κ2) is 3.87. The van der Waals surface area contributed by atoms with Crippen molar-refractivity contribution in [2.24, 2.45) is 0 Å². The predicted molar refractivity (Wildman–Crippen MR) is 58.4 cm³/mol. The van der Waals surface area contributed by atoms with Gasteiger partial charge in [0.05, 0.1) is 6.61 Å². The molecule has 73 valence electrons. The van der Waals surface area contributed by atoms with Gasteiger partial charge in [-0.25, -0.2) is 0 Å². The average molecular weight is 187 g/mol. The molecule has 1 heteroatoms. The molecule has 0 spiro atoms. The lowest BCUT2D eigenvalue weighted by Crippen LogP contribution is -1.98. The summed E-state index contributed by atoms with van der Waals surface area (Å²) in [5, 5.41) is 0. The van der Waals surface area contributed by atoms with Crippen molar-refractivity contribution >= 4 is 0 Å². The van der Waals surface area contributed by atoms with Crippen LogP contribution in [0.25, 0.3) is 0 Å². The minimum Gasteiger partial charge on any atom is -0.493 e. The Morgan fingerprint density at radius 2 is 2.00 bits per heavy atom. The van der Waals surface area contributed by atoms with Gasteiger partial charge in [-0.2, -0.15) is 0 Å². The molecule has 0 bridgehead atoms. The Morgan fingerprint density at radius 3 is 2.64 bits per heavy atom. The van der Waals surface area contributed by atoms with Gasteiger partial charge in [-0.15, -0.1) is 0 Å². The molecular formula is C13H15O. The molecule has 1 radical (unpaired) electrons. The summed E-state index contributed by atoms with van der Waals surface area (Å²) in [6.07, 6.45) is 5.30. The number of allylic oxidation sites excluding steroid dienone is 1. The van der Waals surface area contributed by atoms with Crippen molar-refractivity contribution in [1.82, 2.24) is 0 Å². The number of hydrogen-bond donors (Lipinski definition) is 0. The van der Waals surface area contributed by atoms with Gasteiger partial charge >= 0.3 is 0 Å². The Morgan fingerprint density at radius 1 is 1.21 bits per heavy atom. The highest BCUT2D eigenvalue weighted by atomic mass is 16.5. The highest BCUT2D eigenvalue weighted by Crippen LogP contribution is 2.23. The molecule has 1 aliphatic carbocycles. The van der Waals surface area contributed by atoms with Crippen molar-refractivity contribution in [2.75, 3.05) is 6.61 Å². The first kappa shape index (κ1) is 9.32. The van der Waals surface area contributed by atoms with Crippen LogP contribution >= 0.6 is 0 Å². The van der Waals surface area contributed by atoms with E-state index in [0.29, 0.717) is 0 Å². The van der Waals surface area contributed by atoms with Crippen LogP contribution < -0.4 is 4.74 Å². The van der Waals surface area contributed by atoms with Crippen LogP contribution in [-0.4, -0.2) is 6.61 Å². The van der Waals surface area contributed by atoms with E-state index in [9.17, 15) is 0 Å². The van der Waals surface area contributed by atoms with Crippen molar-refractivity contribution in [1.29, 1.82) is 0 Å². The summed E-state index contributed by atoms with van der Waals surface area (Å²) in [6.45, 7) is 4.97.